The molecule has 0 atom stereocenters. The van der Waals surface area contributed by atoms with Crippen LogP contribution in [0.25, 0.3) is 32.8 Å². The normalized spacial score (nSPS) is 16.1. The lowest BCUT2D eigenvalue weighted by Gasteiger charge is -2.26. The van der Waals surface area contributed by atoms with Crippen molar-refractivity contribution in [1.82, 2.24) is 0 Å². The van der Waals surface area contributed by atoms with E-state index in [1.165, 1.54) is 76.0 Å². The van der Waals surface area contributed by atoms with Crippen LogP contribution in [0.4, 0.5) is 0 Å². The summed E-state index contributed by atoms with van der Waals surface area (Å²) >= 11 is 0. The number of hydrogen-bond acceptors (Lipinski definition) is 1. The summed E-state index contributed by atoms with van der Waals surface area (Å²) in [6.07, 6.45) is 8.89. The van der Waals surface area contributed by atoms with Gasteiger partial charge in [0.2, 0.25) is 5.69 Å². The molecule has 2 heteroatoms. The van der Waals surface area contributed by atoms with Crippen LogP contribution in [0.5, 0.6) is 11.5 Å². The van der Waals surface area contributed by atoms with Gasteiger partial charge in [0.1, 0.15) is 18.5 Å². The second kappa shape index (κ2) is 6.32. The predicted octanol–water partition coefficient (Wildman–Crippen LogP) is 6.95. The van der Waals surface area contributed by atoms with Crippen molar-refractivity contribution >= 4 is 21.5 Å². The average molecular weight is 381 g/mol. The van der Waals surface area contributed by atoms with E-state index in [0.717, 1.165) is 11.5 Å². The van der Waals surface area contributed by atoms with Gasteiger partial charge in [0, 0.05) is 6.07 Å². The highest BCUT2D eigenvalue weighted by Gasteiger charge is 2.31. The van der Waals surface area contributed by atoms with Crippen molar-refractivity contribution in [2.45, 2.75) is 44.9 Å². The molecule has 2 heterocycles. The number of rotatable bonds is 1. The van der Waals surface area contributed by atoms with Crippen molar-refractivity contribution in [3.63, 3.8) is 0 Å². The Hall–Kier alpha value is -2.87. The first-order chi connectivity index (χ1) is 14.2. The molecular formula is C27H26NO+. The minimum absolute atomic E-state index is 0.671. The Kier molecular flexibility index (Phi) is 3.71. The lowest BCUT2D eigenvalue weighted by molar-refractivity contribution is -0.659. The zero-order valence-electron chi connectivity index (χ0n) is 17.2. The maximum atomic E-state index is 6.61. The van der Waals surface area contributed by atoms with E-state index in [9.17, 15) is 0 Å². The van der Waals surface area contributed by atoms with Crippen molar-refractivity contribution < 1.29 is 9.30 Å². The first kappa shape index (κ1) is 17.0. The maximum absolute atomic E-state index is 6.61. The molecule has 29 heavy (non-hydrogen) atoms. The molecule has 1 saturated carbocycles. The van der Waals surface area contributed by atoms with Crippen LogP contribution >= 0.6 is 0 Å². The quantitative estimate of drug-likeness (QED) is 0.287. The summed E-state index contributed by atoms with van der Waals surface area (Å²) in [4.78, 5) is 0. The lowest BCUT2D eigenvalue weighted by atomic mass is 9.82. The van der Waals surface area contributed by atoms with Crippen LogP contribution < -0.4 is 9.30 Å². The number of aryl methyl sites for hydroxylation is 2. The van der Waals surface area contributed by atoms with Crippen molar-refractivity contribution in [1.29, 1.82) is 0 Å². The Morgan fingerprint density at radius 1 is 0.897 bits per heavy atom. The van der Waals surface area contributed by atoms with Gasteiger partial charge in [-0.25, -0.2) is 4.57 Å². The zero-order chi connectivity index (χ0) is 19.5. The van der Waals surface area contributed by atoms with Gasteiger partial charge in [-0.05, 0) is 65.1 Å². The Balaban J connectivity index is 1.65. The van der Waals surface area contributed by atoms with Crippen LogP contribution in [0.2, 0.25) is 0 Å². The number of aromatic nitrogens is 1. The minimum Gasteiger partial charge on any atom is -0.456 e. The number of ether oxygens (including phenoxy) is 1. The molecule has 1 aromatic heterocycles. The minimum atomic E-state index is 0.671. The van der Waals surface area contributed by atoms with Gasteiger partial charge < -0.3 is 4.74 Å². The largest absolute Gasteiger partial charge is 0.456 e. The molecule has 6 rings (SSSR count). The molecule has 1 aliphatic carbocycles. The van der Waals surface area contributed by atoms with Gasteiger partial charge in [-0.15, -0.1) is 0 Å². The van der Waals surface area contributed by atoms with Gasteiger partial charge in [-0.2, -0.15) is 0 Å². The standard InChI is InChI=1S/C27H26NO/c1-17-22-11-7-6-10-19(22)15-23-25(17)27-26-20(12-13-28(27)2)14-21(16-24(26)29-23)18-8-4-3-5-9-18/h6-7,10-16,18H,3-5,8-9H2,1-2H3/q+1. The fourth-order valence-electron chi connectivity index (χ4n) is 5.53. The molecule has 144 valence electrons. The van der Waals surface area contributed by atoms with Crippen molar-refractivity contribution in [2.24, 2.45) is 7.05 Å². The summed E-state index contributed by atoms with van der Waals surface area (Å²) in [5.74, 6) is 2.68. The van der Waals surface area contributed by atoms with E-state index in [1.54, 1.807) is 0 Å². The van der Waals surface area contributed by atoms with E-state index in [0.29, 0.717) is 5.92 Å². The summed E-state index contributed by atoms with van der Waals surface area (Å²) in [6, 6.07) is 17.8. The molecule has 0 N–H and O–H groups in total. The number of fused-ring (bicyclic) bond motifs is 3. The number of pyridine rings is 1. The topological polar surface area (TPSA) is 13.1 Å². The van der Waals surface area contributed by atoms with Gasteiger partial charge in [-0.1, -0.05) is 49.6 Å². The molecule has 3 aromatic carbocycles. The Morgan fingerprint density at radius 2 is 1.72 bits per heavy atom. The first-order valence-electron chi connectivity index (χ1n) is 10.9. The summed E-state index contributed by atoms with van der Waals surface area (Å²) in [6.45, 7) is 2.23. The van der Waals surface area contributed by atoms with Crippen molar-refractivity contribution in [3.8, 4) is 22.8 Å². The molecule has 2 nitrogen and oxygen atoms in total. The summed E-state index contributed by atoms with van der Waals surface area (Å²) < 4.78 is 8.87. The molecule has 0 radical (unpaired) electrons. The fourth-order valence-corrected chi connectivity index (χ4v) is 5.53. The molecule has 1 aliphatic heterocycles. The van der Waals surface area contributed by atoms with Gasteiger partial charge in [-0.3, -0.25) is 0 Å². The molecular weight excluding hydrogens is 354 g/mol. The summed E-state index contributed by atoms with van der Waals surface area (Å²) in [5.41, 5.74) is 5.25. The smallest absolute Gasteiger partial charge is 0.228 e. The van der Waals surface area contributed by atoms with Crippen LogP contribution in [0.15, 0.2) is 54.7 Å². The third-order valence-corrected chi connectivity index (χ3v) is 7.03. The zero-order valence-corrected chi connectivity index (χ0v) is 17.2. The molecule has 0 unspecified atom stereocenters. The third kappa shape index (κ3) is 2.51. The summed E-state index contributed by atoms with van der Waals surface area (Å²) in [5, 5.41) is 5.09. The predicted molar refractivity (Wildman–Crippen MR) is 119 cm³/mol. The second-order valence-corrected chi connectivity index (χ2v) is 8.79. The monoisotopic (exact) mass is 380 g/mol. The van der Waals surface area contributed by atoms with E-state index in [1.807, 2.05) is 0 Å². The molecule has 0 amide bonds. The van der Waals surface area contributed by atoms with E-state index in [2.05, 4.69) is 73.3 Å². The number of hydrogen-bond donors (Lipinski definition) is 0. The molecule has 0 saturated heterocycles. The maximum Gasteiger partial charge on any atom is 0.228 e. The number of benzene rings is 3. The first-order valence-corrected chi connectivity index (χ1v) is 10.9. The van der Waals surface area contributed by atoms with E-state index in [4.69, 9.17) is 4.74 Å². The molecule has 0 spiro atoms. The van der Waals surface area contributed by atoms with Gasteiger partial charge in [0.25, 0.3) is 0 Å². The molecule has 1 fully saturated rings. The SMILES string of the molecule is Cc1c2c(cc3ccccc13)Oc1cc(C3CCCCC3)cc3cc[n+](C)c-2c13. The molecule has 2 aliphatic rings. The Labute approximate surface area is 171 Å². The Morgan fingerprint density at radius 3 is 2.59 bits per heavy atom. The highest BCUT2D eigenvalue weighted by molar-refractivity contribution is 6.05. The van der Waals surface area contributed by atoms with Crippen molar-refractivity contribution in [2.75, 3.05) is 0 Å². The van der Waals surface area contributed by atoms with E-state index in [-0.39, 0.29) is 0 Å². The average Bonchev–Trinajstić information content (AvgIpc) is 2.76. The van der Waals surface area contributed by atoms with Crippen LogP contribution in [-0.4, -0.2) is 0 Å². The third-order valence-electron chi connectivity index (χ3n) is 7.03. The van der Waals surface area contributed by atoms with Crippen LogP contribution in [0.3, 0.4) is 0 Å². The summed E-state index contributed by atoms with van der Waals surface area (Å²) in [7, 11) is 2.15. The van der Waals surface area contributed by atoms with Gasteiger partial charge in [0.05, 0.1) is 10.9 Å². The van der Waals surface area contributed by atoms with Gasteiger partial charge in [0.15, 0.2) is 6.20 Å². The Bertz CT molecular complexity index is 1280. The number of nitrogens with zero attached hydrogens (tertiary/aromatic N) is 1. The second-order valence-electron chi connectivity index (χ2n) is 8.79. The van der Waals surface area contributed by atoms with Crippen molar-refractivity contribution in [3.05, 3.63) is 65.9 Å². The van der Waals surface area contributed by atoms with Gasteiger partial charge >= 0.3 is 0 Å². The molecule has 0 bridgehead atoms. The molecule has 4 aromatic rings. The van der Waals surface area contributed by atoms with Crippen LogP contribution in [0.1, 0.15) is 49.1 Å². The van der Waals surface area contributed by atoms with E-state index < -0.39 is 0 Å². The van der Waals surface area contributed by atoms with Crippen LogP contribution in [0, 0.1) is 6.92 Å². The fraction of sp³-hybridized carbons (Fsp3) is 0.296. The van der Waals surface area contributed by atoms with E-state index >= 15 is 0 Å². The lowest BCUT2D eigenvalue weighted by Crippen LogP contribution is -2.31. The highest BCUT2D eigenvalue weighted by Crippen LogP contribution is 2.49. The van der Waals surface area contributed by atoms with Crippen LogP contribution in [-0.2, 0) is 7.05 Å². The highest BCUT2D eigenvalue weighted by atomic mass is 16.5.